The van der Waals surface area contributed by atoms with Gasteiger partial charge in [0, 0.05) is 6.92 Å². The summed E-state index contributed by atoms with van der Waals surface area (Å²) in [6.45, 7) is 10.6. The summed E-state index contributed by atoms with van der Waals surface area (Å²) in [5.41, 5.74) is 3.73. The monoisotopic (exact) mass is 518 g/mol. The molecule has 5 nitrogen and oxygen atoms in total. The van der Waals surface area contributed by atoms with Crippen LogP contribution in [0.25, 0.3) is 0 Å². The molecule has 4 atom stereocenters. The first-order valence-electron chi connectivity index (χ1n) is 13.7. The smallest absolute Gasteiger partial charge is 0.308 e. The summed E-state index contributed by atoms with van der Waals surface area (Å²) < 4.78 is 16.8. The SMILES string of the molecule is CCCOC(C)Oc1ccc(C(CC)CC(CC(C)c2ccc(O)cc2)c2ccc(OC(C)=O)cc2)cc1. The number of carbonyl (C=O) groups is 1. The Morgan fingerprint density at radius 2 is 1.32 bits per heavy atom. The van der Waals surface area contributed by atoms with Gasteiger partial charge in [0.2, 0.25) is 0 Å². The molecule has 0 aliphatic rings. The molecule has 38 heavy (non-hydrogen) atoms. The van der Waals surface area contributed by atoms with Crippen molar-refractivity contribution < 1.29 is 24.1 Å². The summed E-state index contributed by atoms with van der Waals surface area (Å²) in [7, 11) is 0. The van der Waals surface area contributed by atoms with E-state index in [0.29, 0.717) is 30.1 Å². The maximum atomic E-state index is 11.4. The Morgan fingerprint density at radius 1 is 0.763 bits per heavy atom. The van der Waals surface area contributed by atoms with Crippen molar-refractivity contribution in [2.75, 3.05) is 6.61 Å². The van der Waals surface area contributed by atoms with Crippen molar-refractivity contribution in [3.05, 3.63) is 89.5 Å². The van der Waals surface area contributed by atoms with Crippen molar-refractivity contribution in [1.82, 2.24) is 0 Å². The quantitative estimate of drug-likeness (QED) is 0.132. The molecular formula is C33H42O5. The lowest BCUT2D eigenvalue weighted by Crippen LogP contribution is -2.16. The number of esters is 1. The zero-order valence-electron chi connectivity index (χ0n) is 23.4. The maximum absolute atomic E-state index is 11.4. The Kier molecular flexibility index (Phi) is 11.2. The van der Waals surface area contributed by atoms with Crippen molar-refractivity contribution in [2.24, 2.45) is 0 Å². The number of rotatable bonds is 14. The molecule has 3 aromatic carbocycles. The van der Waals surface area contributed by atoms with Crippen molar-refractivity contribution >= 4 is 5.97 Å². The second kappa shape index (κ2) is 14.6. The van der Waals surface area contributed by atoms with E-state index in [2.05, 4.69) is 45.0 Å². The molecule has 0 aliphatic carbocycles. The number of aromatic hydroxyl groups is 1. The third-order valence-electron chi connectivity index (χ3n) is 6.99. The van der Waals surface area contributed by atoms with E-state index in [4.69, 9.17) is 14.2 Å². The van der Waals surface area contributed by atoms with Gasteiger partial charge in [0.1, 0.15) is 17.2 Å². The first-order chi connectivity index (χ1) is 18.3. The number of hydrogen-bond donors (Lipinski definition) is 1. The van der Waals surface area contributed by atoms with Crippen LogP contribution in [0.3, 0.4) is 0 Å². The van der Waals surface area contributed by atoms with Gasteiger partial charge >= 0.3 is 5.97 Å². The van der Waals surface area contributed by atoms with Gasteiger partial charge in [-0.25, -0.2) is 0 Å². The molecule has 3 aromatic rings. The fourth-order valence-electron chi connectivity index (χ4n) is 4.92. The Labute approximate surface area is 227 Å². The van der Waals surface area contributed by atoms with Crippen LogP contribution in [0.5, 0.6) is 17.2 Å². The van der Waals surface area contributed by atoms with Gasteiger partial charge in [-0.2, -0.15) is 0 Å². The molecule has 0 spiro atoms. The molecule has 204 valence electrons. The summed E-state index contributed by atoms with van der Waals surface area (Å²) in [4.78, 5) is 11.4. The van der Waals surface area contributed by atoms with Crippen LogP contribution < -0.4 is 9.47 Å². The minimum Gasteiger partial charge on any atom is -0.508 e. The second-order valence-electron chi connectivity index (χ2n) is 10.1. The normalized spacial score (nSPS) is 14.3. The Hall–Kier alpha value is -3.31. The largest absolute Gasteiger partial charge is 0.508 e. The summed E-state index contributed by atoms with van der Waals surface area (Å²) >= 11 is 0. The molecule has 0 radical (unpaired) electrons. The van der Waals surface area contributed by atoms with Gasteiger partial charge in [0.25, 0.3) is 0 Å². The summed E-state index contributed by atoms with van der Waals surface area (Å²) in [6, 6.07) is 23.8. The molecule has 0 bridgehead atoms. The van der Waals surface area contributed by atoms with Crippen molar-refractivity contribution in [2.45, 2.75) is 84.3 Å². The van der Waals surface area contributed by atoms with Crippen LogP contribution in [0.15, 0.2) is 72.8 Å². The lowest BCUT2D eigenvalue weighted by atomic mass is 9.78. The maximum Gasteiger partial charge on any atom is 0.308 e. The molecule has 0 aliphatic heterocycles. The topological polar surface area (TPSA) is 65.0 Å². The van der Waals surface area contributed by atoms with Crippen molar-refractivity contribution in [1.29, 1.82) is 0 Å². The number of ether oxygens (including phenoxy) is 3. The van der Waals surface area contributed by atoms with E-state index in [0.717, 1.165) is 31.4 Å². The molecule has 0 saturated heterocycles. The van der Waals surface area contributed by atoms with Crippen LogP contribution in [0.4, 0.5) is 0 Å². The number of hydrogen-bond acceptors (Lipinski definition) is 5. The minimum absolute atomic E-state index is 0.275. The summed E-state index contributed by atoms with van der Waals surface area (Å²) in [6.07, 6.45) is 3.66. The Balaban J connectivity index is 1.79. The molecule has 0 saturated carbocycles. The summed E-state index contributed by atoms with van der Waals surface area (Å²) in [5, 5.41) is 9.72. The van der Waals surface area contributed by atoms with Gasteiger partial charge in [0.05, 0.1) is 6.61 Å². The van der Waals surface area contributed by atoms with E-state index in [-0.39, 0.29) is 18.0 Å². The van der Waals surface area contributed by atoms with E-state index >= 15 is 0 Å². The van der Waals surface area contributed by atoms with E-state index in [9.17, 15) is 9.90 Å². The molecule has 0 fully saturated rings. The van der Waals surface area contributed by atoms with Crippen LogP contribution in [0, 0.1) is 0 Å². The first-order valence-corrected chi connectivity index (χ1v) is 13.7. The van der Waals surface area contributed by atoms with E-state index < -0.39 is 0 Å². The Morgan fingerprint density at radius 3 is 1.87 bits per heavy atom. The fourth-order valence-corrected chi connectivity index (χ4v) is 4.92. The highest BCUT2D eigenvalue weighted by atomic mass is 16.7. The average molecular weight is 519 g/mol. The van der Waals surface area contributed by atoms with Gasteiger partial charge in [-0.1, -0.05) is 57.2 Å². The highest BCUT2D eigenvalue weighted by molar-refractivity contribution is 5.69. The second-order valence-corrected chi connectivity index (χ2v) is 10.1. The van der Waals surface area contributed by atoms with Crippen LogP contribution in [0.2, 0.25) is 0 Å². The number of benzene rings is 3. The average Bonchev–Trinajstić information content (AvgIpc) is 2.91. The zero-order chi connectivity index (χ0) is 27.5. The van der Waals surface area contributed by atoms with Gasteiger partial charge in [-0.15, -0.1) is 0 Å². The molecule has 0 heterocycles. The van der Waals surface area contributed by atoms with E-state index in [1.54, 1.807) is 12.1 Å². The van der Waals surface area contributed by atoms with Crippen LogP contribution in [-0.4, -0.2) is 24.0 Å². The van der Waals surface area contributed by atoms with Crippen molar-refractivity contribution in [3.63, 3.8) is 0 Å². The fraction of sp³-hybridized carbons (Fsp3) is 0.424. The standard InChI is InChI=1S/C33H42O5/c1-6-20-36-25(5)38-33-18-10-28(11-19-33)26(7-2)22-30(21-23(3)27-8-14-31(35)15-9-27)29-12-16-32(17-13-29)37-24(4)34/h8-19,23,25-26,30,35H,6-7,20-22H2,1-5H3. The molecule has 1 N–H and O–H groups in total. The van der Waals surface area contributed by atoms with Crippen molar-refractivity contribution in [3.8, 4) is 17.2 Å². The molecular weight excluding hydrogens is 476 g/mol. The van der Waals surface area contributed by atoms with Gasteiger partial charge in [-0.3, -0.25) is 4.79 Å². The zero-order valence-corrected chi connectivity index (χ0v) is 23.4. The lowest BCUT2D eigenvalue weighted by molar-refractivity contribution is -0.131. The van der Waals surface area contributed by atoms with Crippen LogP contribution >= 0.6 is 0 Å². The van der Waals surface area contributed by atoms with Crippen LogP contribution in [0.1, 0.15) is 94.7 Å². The minimum atomic E-state index is -0.319. The predicted molar refractivity (Wildman–Crippen MR) is 152 cm³/mol. The highest BCUT2D eigenvalue weighted by Gasteiger charge is 2.22. The van der Waals surface area contributed by atoms with E-state index in [1.165, 1.54) is 23.6 Å². The molecule has 4 unspecified atom stereocenters. The van der Waals surface area contributed by atoms with E-state index in [1.807, 2.05) is 43.3 Å². The first kappa shape index (κ1) is 29.2. The molecule has 3 rings (SSSR count). The summed E-state index contributed by atoms with van der Waals surface area (Å²) in [5.74, 6) is 2.32. The third kappa shape index (κ3) is 8.91. The van der Waals surface area contributed by atoms with Crippen LogP contribution in [-0.2, 0) is 9.53 Å². The molecule has 5 heteroatoms. The number of phenolic OH excluding ortho intramolecular Hbond substituents is 1. The number of carbonyl (C=O) groups excluding carboxylic acids is 1. The molecule has 0 amide bonds. The Bertz CT molecular complexity index is 1110. The lowest BCUT2D eigenvalue weighted by Gasteiger charge is -2.27. The van der Waals surface area contributed by atoms with Gasteiger partial charge in [0.15, 0.2) is 6.29 Å². The van der Waals surface area contributed by atoms with Gasteiger partial charge < -0.3 is 19.3 Å². The highest BCUT2D eigenvalue weighted by Crippen LogP contribution is 2.39. The number of phenols is 1. The third-order valence-corrected chi connectivity index (χ3v) is 6.99. The predicted octanol–water partition coefficient (Wildman–Crippen LogP) is 8.33. The molecule has 0 aromatic heterocycles. The van der Waals surface area contributed by atoms with Gasteiger partial charge in [-0.05, 0) is 103 Å².